The first-order valence-electron chi connectivity index (χ1n) is 7.09. The zero-order chi connectivity index (χ0) is 14.1. The van der Waals surface area contributed by atoms with E-state index in [4.69, 9.17) is 9.15 Å². The monoisotopic (exact) mass is 276 g/mol. The zero-order valence-corrected chi connectivity index (χ0v) is 11.9. The van der Waals surface area contributed by atoms with Gasteiger partial charge in [-0.3, -0.25) is 4.98 Å². The standard InChI is InChI=1S/C15H20N2O3/c1-16-10-5-3-9(4-6-10)11-7-14-12(8-13(11)19-2)17-15(18)20-14/h7-10,16H,3-6H2,1-2H3,(H,17,18). The van der Waals surface area contributed by atoms with Crippen LogP contribution >= 0.6 is 0 Å². The van der Waals surface area contributed by atoms with Crippen molar-refractivity contribution in [2.75, 3.05) is 14.2 Å². The molecule has 0 aliphatic heterocycles. The summed E-state index contributed by atoms with van der Waals surface area (Å²) in [7, 11) is 3.69. The maximum atomic E-state index is 11.3. The van der Waals surface area contributed by atoms with E-state index in [2.05, 4.69) is 10.3 Å². The third kappa shape index (κ3) is 2.33. The Bertz CT molecular complexity index is 651. The minimum atomic E-state index is -0.418. The fourth-order valence-corrected chi connectivity index (χ4v) is 3.18. The summed E-state index contributed by atoms with van der Waals surface area (Å²) in [6, 6.07) is 4.43. The van der Waals surface area contributed by atoms with Crippen LogP contribution in [0.3, 0.4) is 0 Å². The summed E-state index contributed by atoms with van der Waals surface area (Å²) in [6.07, 6.45) is 4.59. The topological polar surface area (TPSA) is 67.3 Å². The van der Waals surface area contributed by atoms with Gasteiger partial charge in [0, 0.05) is 17.7 Å². The van der Waals surface area contributed by atoms with Gasteiger partial charge >= 0.3 is 5.76 Å². The highest BCUT2D eigenvalue weighted by Crippen LogP contribution is 2.39. The molecule has 1 heterocycles. The minimum Gasteiger partial charge on any atom is -0.496 e. The van der Waals surface area contributed by atoms with E-state index in [1.54, 1.807) is 7.11 Å². The Morgan fingerprint density at radius 2 is 2.05 bits per heavy atom. The normalized spacial score (nSPS) is 23.1. The number of hydrogen-bond acceptors (Lipinski definition) is 4. The first kappa shape index (κ1) is 13.2. The van der Waals surface area contributed by atoms with E-state index in [1.807, 2.05) is 19.2 Å². The van der Waals surface area contributed by atoms with Crippen LogP contribution in [-0.4, -0.2) is 25.2 Å². The number of rotatable bonds is 3. The summed E-state index contributed by atoms with van der Waals surface area (Å²) >= 11 is 0. The van der Waals surface area contributed by atoms with Gasteiger partial charge in [0.15, 0.2) is 5.58 Å². The molecule has 0 radical (unpaired) electrons. The van der Waals surface area contributed by atoms with Crippen LogP contribution in [0.25, 0.3) is 11.1 Å². The molecule has 20 heavy (non-hydrogen) atoms. The van der Waals surface area contributed by atoms with Crippen molar-refractivity contribution in [1.82, 2.24) is 10.3 Å². The highest BCUT2D eigenvalue weighted by atomic mass is 16.5. The number of methoxy groups -OCH3 is 1. The highest BCUT2D eigenvalue weighted by Gasteiger charge is 2.24. The van der Waals surface area contributed by atoms with Gasteiger partial charge in [-0.1, -0.05) is 0 Å². The molecule has 1 aromatic carbocycles. The quantitative estimate of drug-likeness (QED) is 0.903. The fraction of sp³-hybridized carbons (Fsp3) is 0.533. The van der Waals surface area contributed by atoms with Crippen LogP contribution in [0.2, 0.25) is 0 Å². The number of H-pyrrole nitrogens is 1. The van der Waals surface area contributed by atoms with Crippen LogP contribution in [0.5, 0.6) is 5.75 Å². The van der Waals surface area contributed by atoms with Crippen LogP contribution < -0.4 is 15.8 Å². The first-order chi connectivity index (χ1) is 9.71. The average molecular weight is 276 g/mol. The third-order valence-corrected chi connectivity index (χ3v) is 4.35. The van der Waals surface area contributed by atoms with Crippen molar-refractivity contribution >= 4 is 11.1 Å². The Morgan fingerprint density at radius 1 is 1.30 bits per heavy atom. The van der Waals surface area contributed by atoms with Crippen molar-refractivity contribution in [3.8, 4) is 5.75 Å². The van der Waals surface area contributed by atoms with E-state index >= 15 is 0 Å². The smallest absolute Gasteiger partial charge is 0.417 e. The van der Waals surface area contributed by atoms with E-state index in [9.17, 15) is 4.79 Å². The van der Waals surface area contributed by atoms with E-state index in [1.165, 1.54) is 12.8 Å². The van der Waals surface area contributed by atoms with Gasteiger partial charge in [0.05, 0.1) is 12.6 Å². The van der Waals surface area contributed by atoms with Crippen LogP contribution in [0, 0.1) is 0 Å². The van der Waals surface area contributed by atoms with Crippen molar-refractivity contribution < 1.29 is 9.15 Å². The van der Waals surface area contributed by atoms with Crippen molar-refractivity contribution in [2.45, 2.75) is 37.6 Å². The summed E-state index contributed by atoms with van der Waals surface area (Å²) in [5, 5.41) is 3.34. The van der Waals surface area contributed by atoms with Gasteiger partial charge in [-0.25, -0.2) is 4.79 Å². The summed E-state index contributed by atoms with van der Waals surface area (Å²) in [6.45, 7) is 0. The number of ether oxygens (including phenoxy) is 1. The number of fused-ring (bicyclic) bond motifs is 1. The van der Waals surface area contributed by atoms with Gasteiger partial charge in [-0.2, -0.15) is 0 Å². The maximum Gasteiger partial charge on any atom is 0.417 e. The van der Waals surface area contributed by atoms with Crippen molar-refractivity contribution in [2.24, 2.45) is 0 Å². The first-order valence-corrected chi connectivity index (χ1v) is 7.09. The molecule has 1 aromatic heterocycles. The minimum absolute atomic E-state index is 0.418. The Hall–Kier alpha value is -1.75. The molecule has 0 unspecified atom stereocenters. The molecule has 0 saturated heterocycles. The summed E-state index contributed by atoms with van der Waals surface area (Å²) in [5.41, 5.74) is 2.46. The second-order valence-electron chi connectivity index (χ2n) is 5.44. The molecule has 0 atom stereocenters. The predicted molar refractivity (Wildman–Crippen MR) is 77.4 cm³/mol. The molecular formula is C15H20N2O3. The van der Waals surface area contributed by atoms with E-state index < -0.39 is 5.76 Å². The second kappa shape index (κ2) is 5.32. The summed E-state index contributed by atoms with van der Waals surface area (Å²) < 4.78 is 10.7. The number of nitrogens with one attached hydrogen (secondary N) is 2. The van der Waals surface area contributed by atoms with Gasteiger partial charge < -0.3 is 14.5 Å². The molecule has 2 N–H and O–H groups in total. The summed E-state index contributed by atoms with van der Waals surface area (Å²) in [4.78, 5) is 14.0. The number of benzene rings is 1. The molecule has 0 spiro atoms. The van der Waals surface area contributed by atoms with Gasteiger partial charge in [0.2, 0.25) is 0 Å². The molecule has 108 valence electrons. The number of aromatic nitrogens is 1. The maximum absolute atomic E-state index is 11.3. The SMILES string of the molecule is CNC1CCC(c2cc3oc(=O)[nH]c3cc2OC)CC1. The van der Waals surface area contributed by atoms with Crippen molar-refractivity contribution in [3.63, 3.8) is 0 Å². The Kier molecular flexibility index (Phi) is 3.53. The molecule has 1 aliphatic carbocycles. The lowest BCUT2D eigenvalue weighted by Gasteiger charge is -2.29. The van der Waals surface area contributed by atoms with Gasteiger partial charge in [0.25, 0.3) is 0 Å². The lowest BCUT2D eigenvalue weighted by Crippen LogP contribution is -2.29. The summed E-state index contributed by atoms with van der Waals surface area (Å²) in [5.74, 6) is 0.889. The lowest BCUT2D eigenvalue weighted by molar-refractivity contribution is 0.346. The van der Waals surface area contributed by atoms with Crippen LogP contribution in [0.1, 0.15) is 37.2 Å². The Labute approximate surface area is 117 Å². The molecule has 0 amide bonds. The zero-order valence-electron chi connectivity index (χ0n) is 11.9. The fourth-order valence-electron chi connectivity index (χ4n) is 3.18. The highest BCUT2D eigenvalue weighted by molar-refractivity contribution is 5.76. The molecule has 1 fully saturated rings. The van der Waals surface area contributed by atoms with Gasteiger partial charge in [-0.15, -0.1) is 0 Å². The average Bonchev–Trinajstić information content (AvgIpc) is 2.85. The molecule has 3 rings (SSSR count). The molecule has 1 saturated carbocycles. The second-order valence-corrected chi connectivity index (χ2v) is 5.44. The Morgan fingerprint density at radius 3 is 2.70 bits per heavy atom. The van der Waals surface area contributed by atoms with Crippen LogP contribution in [-0.2, 0) is 0 Å². The van der Waals surface area contributed by atoms with Gasteiger partial charge in [-0.05, 0) is 44.7 Å². The third-order valence-electron chi connectivity index (χ3n) is 4.35. The number of hydrogen-bond donors (Lipinski definition) is 2. The van der Waals surface area contributed by atoms with Crippen LogP contribution in [0.15, 0.2) is 21.3 Å². The van der Waals surface area contributed by atoms with Crippen molar-refractivity contribution in [3.05, 3.63) is 28.2 Å². The van der Waals surface area contributed by atoms with E-state index in [0.717, 1.165) is 24.2 Å². The van der Waals surface area contributed by atoms with E-state index in [0.29, 0.717) is 23.1 Å². The van der Waals surface area contributed by atoms with Crippen LogP contribution in [0.4, 0.5) is 0 Å². The molecule has 5 heteroatoms. The largest absolute Gasteiger partial charge is 0.496 e. The Balaban J connectivity index is 1.95. The van der Waals surface area contributed by atoms with Crippen molar-refractivity contribution in [1.29, 1.82) is 0 Å². The molecule has 5 nitrogen and oxygen atoms in total. The van der Waals surface area contributed by atoms with Gasteiger partial charge in [0.1, 0.15) is 5.75 Å². The molecule has 0 bridgehead atoms. The van der Waals surface area contributed by atoms with E-state index in [-0.39, 0.29) is 0 Å². The molecule has 1 aliphatic rings. The molecule has 2 aromatic rings. The lowest BCUT2D eigenvalue weighted by atomic mass is 9.81. The number of oxazole rings is 1. The molecular weight excluding hydrogens is 256 g/mol. The predicted octanol–water partition coefficient (Wildman–Crippen LogP) is 2.38. The number of aromatic amines is 1.